The van der Waals surface area contributed by atoms with Crippen LogP contribution in [0.15, 0.2) is 29.2 Å². The van der Waals surface area contributed by atoms with E-state index in [0.29, 0.717) is 0 Å². The van der Waals surface area contributed by atoms with Crippen molar-refractivity contribution in [2.45, 2.75) is 147 Å². The van der Waals surface area contributed by atoms with Gasteiger partial charge in [-0.15, -0.1) is 0 Å². The standard InChI is InChI=1S/C28H50O3S.Na/c1-2-3-4-5-6-7-8-9-10-11-12-13-14-15-16-17-18-19-20-21-22-27-23-25-28(26-24-27)32(29,30)31;/h23-26H,2-22H2,1H3,(H,29,30,31);/q;+1/p-1. The molecule has 0 saturated heterocycles. The molecule has 3 nitrogen and oxygen atoms in total. The number of rotatable bonds is 22. The molecule has 0 heterocycles. The van der Waals surface area contributed by atoms with E-state index in [9.17, 15) is 13.0 Å². The molecule has 0 aromatic heterocycles. The van der Waals surface area contributed by atoms with Gasteiger partial charge >= 0.3 is 29.6 Å². The average molecular weight is 489 g/mol. The third-order valence-corrected chi connectivity index (χ3v) is 7.38. The number of aryl methyl sites for hydroxylation is 1. The molecule has 0 N–H and O–H groups in total. The van der Waals surface area contributed by atoms with Gasteiger partial charge in [0.15, 0.2) is 0 Å². The van der Waals surface area contributed by atoms with Gasteiger partial charge in [-0.1, -0.05) is 141 Å². The second-order valence-electron chi connectivity index (χ2n) is 9.57. The maximum Gasteiger partial charge on any atom is 1.00 e. The van der Waals surface area contributed by atoms with Crippen molar-refractivity contribution in [1.29, 1.82) is 0 Å². The van der Waals surface area contributed by atoms with Gasteiger partial charge in [0.1, 0.15) is 10.1 Å². The van der Waals surface area contributed by atoms with E-state index >= 15 is 0 Å². The second kappa shape index (κ2) is 22.6. The molecule has 0 aliphatic carbocycles. The first-order valence-electron chi connectivity index (χ1n) is 13.6. The maximum atomic E-state index is 10.9. The molecule has 5 heteroatoms. The Morgan fingerprint density at radius 1 is 0.545 bits per heavy atom. The third kappa shape index (κ3) is 20.1. The minimum Gasteiger partial charge on any atom is -0.744 e. The van der Waals surface area contributed by atoms with Crippen LogP contribution in [0.2, 0.25) is 0 Å². The smallest absolute Gasteiger partial charge is 0.744 e. The zero-order chi connectivity index (χ0) is 23.3. The molecule has 0 aliphatic rings. The van der Waals surface area contributed by atoms with Crippen molar-refractivity contribution in [3.8, 4) is 0 Å². The van der Waals surface area contributed by atoms with E-state index in [0.717, 1.165) is 18.4 Å². The summed E-state index contributed by atoms with van der Waals surface area (Å²) in [6, 6.07) is 6.38. The molecule has 0 aliphatic heterocycles. The first-order valence-corrected chi connectivity index (χ1v) is 15.0. The van der Waals surface area contributed by atoms with E-state index in [4.69, 9.17) is 0 Å². The Morgan fingerprint density at radius 2 is 0.848 bits per heavy atom. The summed E-state index contributed by atoms with van der Waals surface area (Å²) in [5.74, 6) is 0. The van der Waals surface area contributed by atoms with Crippen LogP contribution in [0.5, 0.6) is 0 Å². The Hall–Kier alpha value is 0.130. The zero-order valence-corrected chi connectivity index (χ0v) is 24.6. The number of unbranched alkanes of at least 4 members (excludes halogenated alkanes) is 19. The summed E-state index contributed by atoms with van der Waals surface area (Å²) in [6.45, 7) is 2.28. The SMILES string of the molecule is CCCCCCCCCCCCCCCCCCCCCCc1ccc(S(=O)(=O)[O-])cc1.[Na+]. The molecule has 1 aromatic rings. The van der Waals surface area contributed by atoms with Crippen molar-refractivity contribution >= 4 is 10.1 Å². The van der Waals surface area contributed by atoms with Gasteiger partial charge in [0.2, 0.25) is 0 Å². The molecular formula is C28H49NaO3S. The zero-order valence-electron chi connectivity index (χ0n) is 21.8. The van der Waals surface area contributed by atoms with Gasteiger partial charge in [0.25, 0.3) is 0 Å². The first kappa shape index (κ1) is 33.1. The average Bonchev–Trinajstić information content (AvgIpc) is 2.77. The number of hydrogen-bond donors (Lipinski definition) is 0. The van der Waals surface area contributed by atoms with Gasteiger partial charge in [0.05, 0.1) is 4.90 Å². The van der Waals surface area contributed by atoms with Crippen molar-refractivity contribution in [2.75, 3.05) is 0 Å². The Morgan fingerprint density at radius 3 is 1.15 bits per heavy atom. The summed E-state index contributed by atoms with van der Waals surface area (Å²) in [4.78, 5) is -0.134. The van der Waals surface area contributed by atoms with Crippen LogP contribution >= 0.6 is 0 Å². The number of hydrogen-bond acceptors (Lipinski definition) is 3. The fourth-order valence-electron chi connectivity index (χ4n) is 4.41. The molecule has 0 saturated carbocycles. The predicted molar refractivity (Wildman–Crippen MR) is 136 cm³/mol. The van der Waals surface area contributed by atoms with E-state index in [1.807, 2.05) is 0 Å². The fraction of sp³-hybridized carbons (Fsp3) is 0.786. The van der Waals surface area contributed by atoms with Crippen molar-refractivity contribution in [1.82, 2.24) is 0 Å². The first-order chi connectivity index (χ1) is 15.5. The van der Waals surface area contributed by atoms with Crippen molar-refractivity contribution < 1.29 is 42.5 Å². The van der Waals surface area contributed by atoms with E-state index < -0.39 is 10.1 Å². The third-order valence-electron chi connectivity index (χ3n) is 6.53. The monoisotopic (exact) mass is 488 g/mol. The van der Waals surface area contributed by atoms with E-state index in [2.05, 4.69) is 6.92 Å². The molecule has 1 rings (SSSR count). The summed E-state index contributed by atoms with van der Waals surface area (Å²) in [5, 5.41) is 0. The summed E-state index contributed by atoms with van der Waals surface area (Å²) in [6.07, 6.45) is 28.6. The molecule has 0 atom stereocenters. The summed E-state index contributed by atoms with van der Waals surface area (Å²) < 4.78 is 32.8. The molecule has 0 amide bonds. The maximum absolute atomic E-state index is 10.9. The second-order valence-corrected chi connectivity index (χ2v) is 10.9. The minimum atomic E-state index is -4.32. The molecule has 0 unspecified atom stereocenters. The van der Waals surface area contributed by atoms with Crippen LogP contribution in [0.4, 0.5) is 0 Å². The molecular weight excluding hydrogens is 439 g/mol. The van der Waals surface area contributed by atoms with Gasteiger partial charge in [0, 0.05) is 0 Å². The topological polar surface area (TPSA) is 57.2 Å². The van der Waals surface area contributed by atoms with E-state index in [-0.39, 0.29) is 34.5 Å². The van der Waals surface area contributed by atoms with Crippen molar-refractivity contribution in [3.63, 3.8) is 0 Å². The summed E-state index contributed by atoms with van der Waals surface area (Å²) in [7, 11) is -4.32. The molecule has 0 radical (unpaired) electrons. The molecule has 0 spiro atoms. The molecule has 186 valence electrons. The van der Waals surface area contributed by atoms with Gasteiger partial charge in [-0.25, -0.2) is 8.42 Å². The molecule has 1 aromatic carbocycles. The van der Waals surface area contributed by atoms with E-state index in [1.165, 1.54) is 134 Å². The predicted octanol–water partition coefficient (Wildman–Crippen LogP) is 5.96. The van der Waals surface area contributed by atoms with Crippen LogP contribution in [-0.4, -0.2) is 13.0 Å². The van der Waals surface area contributed by atoms with Crippen molar-refractivity contribution in [2.24, 2.45) is 0 Å². The Labute approximate surface area is 228 Å². The van der Waals surface area contributed by atoms with E-state index in [1.54, 1.807) is 12.1 Å². The number of benzene rings is 1. The summed E-state index contributed by atoms with van der Waals surface area (Å²) >= 11 is 0. The Bertz CT molecular complexity index is 644. The quantitative estimate of drug-likeness (QED) is 0.115. The van der Waals surface area contributed by atoms with Crippen LogP contribution in [0.25, 0.3) is 0 Å². The molecule has 33 heavy (non-hydrogen) atoms. The summed E-state index contributed by atoms with van der Waals surface area (Å²) in [5.41, 5.74) is 1.11. The fourth-order valence-corrected chi connectivity index (χ4v) is 4.88. The Kier molecular flexibility index (Phi) is 22.7. The Balaban J connectivity index is 0.0000102. The molecule has 0 bridgehead atoms. The van der Waals surface area contributed by atoms with Crippen LogP contribution in [0, 0.1) is 0 Å². The minimum absolute atomic E-state index is 0. The normalized spacial score (nSPS) is 11.5. The largest absolute Gasteiger partial charge is 1.00 e. The van der Waals surface area contributed by atoms with Crippen LogP contribution < -0.4 is 29.6 Å². The molecule has 0 fully saturated rings. The van der Waals surface area contributed by atoms with Crippen LogP contribution in [0.3, 0.4) is 0 Å². The van der Waals surface area contributed by atoms with Gasteiger partial charge in [-0.2, -0.15) is 0 Å². The van der Waals surface area contributed by atoms with Crippen LogP contribution in [-0.2, 0) is 16.5 Å². The van der Waals surface area contributed by atoms with Crippen molar-refractivity contribution in [3.05, 3.63) is 29.8 Å². The van der Waals surface area contributed by atoms with Gasteiger partial charge in [-0.3, -0.25) is 0 Å². The van der Waals surface area contributed by atoms with Crippen LogP contribution in [0.1, 0.15) is 141 Å². The van der Waals surface area contributed by atoms with Gasteiger partial charge < -0.3 is 4.55 Å². The van der Waals surface area contributed by atoms with Gasteiger partial charge in [-0.05, 0) is 30.5 Å².